The average molecular weight is 253 g/mol. The molecule has 1 unspecified atom stereocenters. The van der Waals surface area contributed by atoms with E-state index in [1.165, 1.54) is 5.56 Å². The summed E-state index contributed by atoms with van der Waals surface area (Å²) in [6.45, 7) is 7.16. The molecule has 1 N–H and O–H groups in total. The van der Waals surface area contributed by atoms with Crippen molar-refractivity contribution in [1.29, 1.82) is 0 Å². The summed E-state index contributed by atoms with van der Waals surface area (Å²) in [4.78, 5) is 0. The van der Waals surface area contributed by atoms with E-state index in [9.17, 15) is 0 Å². The largest absolute Gasteiger partial charge is 0.467 e. The van der Waals surface area contributed by atoms with Crippen LogP contribution in [-0.2, 0) is 22.6 Å². The van der Waals surface area contributed by atoms with Crippen molar-refractivity contribution in [3.63, 3.8) is 0 Å². The molecule has 1 aromatic heterocycles. The lowest BCUT2D eigenvalue weighted by Crippen LogP contribution is -2.22. The van der Waals surface area contributed by atoms with E-state index in [4.69, 9.17) is 13.9 Å². The Morgan fingerprint density at radius 2 is 2.39 bits per heavy atom. The number of nitrogens with one attached hydrogen (secondary N) is 1. The van der Waals surface area contributed by atoms with Gasteiger partial charge in [-0.05, 0) is 18.9 Å². The molecule has 4 nitrogen and oxygen atoms in total. The van der Waals surface area contributed by atoms with Crippen LogP contribution < -0.4 is 5.32 Å². The summed E-state index contributed by atoms with van der Waals surface area (Å²) in [7, 11) is 0. The topological polar surface area (TPSA) is 43.6 Å². The summed E-state index contributed by atoms with van der Waals surface area (Å²) in [5.74, 6) is 0.918. The molecule has 1 aliphatic rings. The highest BCUT2D eigenvalue weighted by atomic mass is 16.5. The summed E-state index contributed by atoms with van der Waals surface area (Å²) >= 11 is 0. The van der Waals surface area contributed by atoms with Crippen LogP contribution in [0.1, 0.15) is 38.0 Å². The van der Waals surface area contributed by atoms with Gasteiger partial charge in [-0.25, -0.2) is 0 Å². The highest BCUT2D eigenvalue weighted by molar-refractivity contribution is 5.16. The molecule has 2 rings (SSSR count). The summed E-state index contributed by atoms with van der Waals surface area (Å²) < 4.78 is 16.6. The smallest absolute Gasteiger partial charge is 0.133 e. The van der Waals surface area contributed by atoms with Gasteiger partial charge in [-0.1, -0.05) is 13.8 Å². The van der Waals surface area contributed by atoms with Gasteiger partial charge in [0.25, 0.3) is 0 Å². The van der Waals surface area contributed by atoms with Crippen LogP contribution in [0.25, 0.3) is 0 Å². The molecule has 0 radical (unpaired) electrons. The van der Waals surface area contributed by atoms with Crippen LogP contribution in [-0.4, -0.2) is 25.4 Å². The molecule has 18 heavy (non-hydrogen) atoms. The van der Waals surface area contributed by atoms with Crippen molar-refractivity contribution in [1.82, 2.24) is 5.32 Å². The normalized spacial score (nSPS) is 19.8. The first-order valence-corrected chi connectivity index (χ1v) is 6.73. The third kappa shape index (κ3) is 4.12. The first-order chi connectivity index (χ1) is 8.75. The van der Waals surface area contributed by atoms with Gasteiger partial charge in [0.1, 0.15) is 12.4 Å². The Kier molecular flexibility index (Phi) is 5.23. The number of hydrogen-bond donors (Lipinski definition) is 1. The first-order valence-electron chi connectivity index (χ1n) is 6.73. The maximum Gasteiger partial charge on any atom is 0.133 e. The fourth-order valence-corrected chi connectivity index (χ4v) is 2.02. The van der Waals surface area contributed by atoms with Crippen LogP contribution in [0.5, 0.6) is 0 Å². The standard InChI is InChI=1S/C14H23NO3/c1-11(2)15-8-12-5-7-18-14(12)10-16-9-13-4-3-6-17-13/h5,7,11,13,15H,3-4,6,8-10H2,1-2H3. The van der Waals surface area contributed by atoms with E-state index in [0.29, 0.717) is 19.3 Å². The second-order valence-electron chi connectivity index (χ2n) is 5.05. The van der Waals surface area contributed by atoms with Gasteiger partial charge in [0, 0.05) is 24.8 Å². The first kappa shape index (κ1) is 13.6. The monoisotopic (exact) mass is 253 g/mol. The number of furan rings is 1. The molecule has 0 aliphatic carbocycles. The number of rotatable bonds is 7. The Balaban J connectivity index is 1.72. The molecule has 0 bridgehead atoms. The Hall–Kier alpha value is -0.840. The van der Waals surface area contributed by atoms with Crippen molar-refractivity contribution >= 4 is 0 Å². The van der Waals surface area contributed by atoms with Gasteiger partial charge in [0.05, 0.1) is 19.0 Å². The minimum absolute atomic E-state index is 0.275. The zero-order chi connectivity index (χ0) is 12.8. The molecule has 1 saturated heterocycles. The van der Waals surface area contributed by atoms with Crippen LogP contribution >= 0.6 is 0 Å². The van der Waals surface area contributed by atoms with Crippen molar-refractivity contribution in [2.75, 3.05) is 13.2 Å². The molecule has 0 aromatic carbocycles. The van der Waals surface area contributed by atoms with Crippen molar-refractivity contribution < 1.29 is 13.9 Å². The second kappa shape index (κ2) is 6.92. The maximum atomic E-state index is 5.66. The summed E-state index contributed by atoms with van der Waals surface area (Å²) in [6, 6.07) is 2.47. The van der Waals surface area contributed by atoms with Gasteiger partial charge < -0.3 is 19.2 Å². The molecule has 0 amide bonds. The molecule has 1 aliphatic heterocycles. The quantitative estimate of drug-likeness (QED) is 0.810. The van der Waals surface area contributed by atoms with Gasteiger partial charge >= 0.3 is 0 Å². The van der Waals surface area contributed by atoms with E-state index in [1.807, 2.05) is 6.07 Å². The summed E-state index contributed by atoms with van der Waals surface area (Å²) in [5.41, 5.74) is 1.18. The zero-order valence-electron chi connectivity index (χ0n) is 11.3. The van der Waals surface area contributed by atoms with E-state index in [2.05, 4.69) is 19.2 Å². The lowest BCUT2D eigenvalue weighted by molar-refractivity contribution is 0.00552. The minimum atomic E-state index is 0.275. The fraction of sp³-hybridized carbons (Fsp3) is 0.714. The summed E-state index contributed by atoms with van der Waals surface area (Å²) in [5, 5.41) is 3.38. The minimum Gasteiger partial charge on any atom is -0.467 e. The third-order valence-electron chi connectivity index (χ3n) is 3.10. The highest BCUT2D eigenvalue weighted by Crippen LogP contribution is 2.15. The van der Waals surface area contributed by atoms with Crippen LogP contribution in [0.3, 0.4) is 0 Å². The van der Waals surface area contributed by atoms with Gasteiger partial charge in [-0.15, -0.1) is 0 Å². The van der Waals surface area contributed by atoms with E-state index >= 15 is 0 Å². The van der Waals surface area contributed by atoms with Crippen molar-refractivity contribution in [2.24, 2.45) is 0 Å². The second-order valence-corrected chi connectivity index (χ2v) is 5.05. The highest BCUT2D eigenvalue weighted by Gasteiger charge is 2.16. The summed E-state index contributed by atoms with van der Waals surface area (Å²) in [6.07, 6.45) is 4.26. The Morgan fingerprint density at radius 1 is 1.50 bits per heavy atom. The fourth-order valence-electron chi connectivity index (χ4n) is 2.02. The van der Waals surface area contributed by atoms with Gasteiger partial charge in [-0.3, -0.25) is 0 Å². The van der Waals surface area contributed by atoms with E-state index in [1.54, 1.807) is 6.26 Å². The number of hydrogen-bond acceptors (Lipinski definition) is 4. The lowest BCUT2D eigenvalue weighted by atomic mass is 10.2. The molecule has 2 heterocycles. The maximum absolute atomic E-state index is 5.66. The molecular weight excluding hydrogens is 230 g/mol. The lowest BCUT2D eigenvalue weighted by Gasteiger charge is -2.11. The van der Waals surface area contributed by atoms with E-state index in [0.717, 1.165) is 31.8 Å². The van der Waals surface area contributed by atoms with Crippen LogP contribution in [0, 0.1) is 0 Å². The Morgan fingerprint density at radius 3 is 3.11 bits per heavy atom. The third-order valence-corrected chi connectivity index (χ3v) is 3.10. The van der Waals surface area contributed by atoms with Gasteiger partial charge in [0.15, 0.2) is 0 Å². The zero-order valence-corrected chi connectivity index (χ0v) is 11.3. The van der Waals surface area contributed by atoms with E-state index in [-0.39, 0.29) is 6.10 Å². The molecule has 0 spiro atoms. The molecule has 1 aromatic rings. The average Bonchev–Trinajstić information content (AvgIpc) is 2.97. The predicted octanol–water partition coefficient (Wildman–Crippen LogP) is 2.47. The molecule has 4 heteroatoms. The predicted molar refractivity (Wildman–Crippen MR) is 69.3 cm³/mol. The van der Waals surface area contributed by atoms with Gasteiger partial charge in [0.2, 0.25) is 0 Å². The Labute approximate surface area is 109 Å². The van der Waals surface area contributed by atoms with Crippen LogP contribution in [0.4, 0.5) is 0 Å². The van der Waals surface area contributed by atoms with Crippen molar-refractivity contribution in [3.05, 3.63) is 23.7 Å². The molecule has 1 fully saturated rings. The van der Waals surface area contributed by atoms with Crippen molar-refractivity contribution in [3.8, 4) is 0 Å². The van der Waals surface area contributed by atoms with Gasteiger partial charge in [-0.2, -0.15) is 0 Å². The van der Waals surface area contributed by atoms with Crippen LogP contribution in [0.15, 0.2) is 16.7 Å². The Bertz CT molecular complexity index is 343. The molecule has 1 atom stereocenters. The number of ether oxygens (including phenoxy) is 2. The molecular formula is C14H23NO3. The SMILES string of the molecule is CC(C)NCc1ccoc1COCC1CCCO1. The van der Waals surface area contributed by atoms with Crippen LogP contribution in [0.2, 0.25) is 0 Å². The molecule has 102 valence electrons. The van der Waals surface area contributed by atoms with E-state index < -0.39 is 0 Å². The van der Waals surface area contributed by atoms with Crippen molar-refractivity contribution in [2.45, 2.75) is 52.0 Å². The molecule has 0 saturated carbocycles.